The fourth-order valence-corrected chi connectivity index (χ4v) is 3.13. The highest BCUT2D eigenvalue weighted by Crippen LogP contribution is 2.30. The van der Waals surface area contributed by atoms with Gasteiger partial charge in [0.2, 0.25) is 0 Å². The molecule has 17 heavy (non-hydrogen) atoms. The van der Waals surface area contributed by atoms with E-state index in [4.69, 9.17) is 4.74 Å². The second kappa shape index (κ2) is 5.79. The third-order valence-corrected chi connectivity index (χ3v) is 4.31. The second-order valence-corrected chi connectivity index (χ2v) is 6.30. The first kappa shape index (κ1) is 12.8. The lowest BCUT2D eigenvalue weighted by Gasteiger charge is -2.16. The highest BCUT2D eigenvalue weighted by Gasteiger charge is 2.18. The van der Waals surface area contributed by atoms with Crippen LogP contribution in [0, 0.1) is 2.88 Å². The monoisotopic (exact) mass is 360 g/mol. The Morgan fingerprint density at radius 3 is 2.94 bits per heavy atom. The van der Waals surface area contributed by atoms with Gasteiger partial charge in [0, 0.05) is 6.20 Å². The highest BCUT2D eigenvalue weighted by molar-refractivity contribution is 14.1. The molecule has 0 spiro atoms. The molecule has 2 rings (SSSR count). The van der Waals surface area contributed by atoms with Gasteiger partial charge in [-0.3, -0.25) is 4.98 Å². The van der Waals surface area contributed by atoms with E-state index in [-0.39, 0.29) is 6.04 Å². The van der Waals surface area contributed by atoms with E-state index in [0.717, 1.165) is 11.4 Å². The Labute approximate surface area is 118 Å². The standard InChI is InChI=1S/C12H13IN2OS/c1-14-11(8-6-10(13)17-7-8)12-9(16-2)4-3-5-15-12/h3-7,11,14H,1-2H3. The van der Waals surface area contributed by atoms with E-state index in [1.165, 1.54) is 8.45 Å². The minimum absolute atomic E-state index is 0.0749. The molecule has 0 aromatic carbocycles. The molecule has 2 aromatic rings. The summed E-state index contributed by atoms with van der Waals surface area (Å²) in [5, 5.41) is 5.43. The third-order valence-electron chi connectivity index (χ3n) is 2.50. The summed E-state index contributed by atoms with van der Waals surface area (Å²) in [4.78, 5) is 4.42. The highest BCUT2D eigenvalue weighted by atomic mass is 127. The topological polar surface area (TPSA) is 34.2 Å². The van der Waals surface area contributed by atoms with Crippen LogP contribution in [0.1, 0.15) is 17.3 Å². The Bertz CT molecular complexity index is 501. The second-order valence-electron chi connectivity index (χ2n) is 3.50. The molecule has 1 atom stereocenters. The van der Waals surface area contributed by atoms with E-state index in [9.17, 15) is 0 Å². The minimum Gasteiger partial charge on any atom is -0.495 e. The van der Waals surface area contributed by atoms with Gasteiger partial charge in [0.15, 0.2) is 0 Å². The summed E-state index contributed by atoms with van der Waals surface area (Å²) in [5.41, 5.74) is 2.14. The number of thiophene rings is 1. The molecule has 0 saturated carbocycles. The lowest BCUT2D eigenvalue weighted by molar-refractivity contribution is 0.401. The number of nitrogens with zero attached hydrogens (tertiary/aromatic N) is 1. The molecule has 2 heterocycles. The van der Waals surface area contributed by atoms with Crippen LogP contribution in [0.4, 0.5) is 0 Å². The van der Waals surface area contributed by atoms with Crippen molar-refractivity contribution in [2.24, 2.45) is 0 Å². The molecule has 0 aliphatic carbocycles. The van der Waals surface area contributed by atoms with Crippen LogP contribution in [-0.4, -0.2) is 19.1 Å². The van der Waals surface area contributed by atoms with Crippen molar-refractivity contribution in [2.45, 2.75) is 6.04 Å². The molecule has 1 N–H and O–H groups in total. The smallest absolute Gasteiger partial charge is 0.142 e. The minimum atomic E-state index is 0.0749. The largest absolute Gasteiger partial charge is 0.495 e. The first-order valence-electron chi connectivity index (χ1n) is 5.16. The van der Waals surface area contributed by atoms with Crippen LogP contribution in [0.25, 0.3) is 0 Å². The lowest BCUT2D eigenvalue weighted by Crippen LogP contribution is -2.19. The van der Waals surface area contributed by atoms with Crippen molar-refractivity contribution in [3.8, 4) is 5.75 Å². The summed E-state index contributed by atoms with van der Waals surface area (Å²) in [6.07, 6.45) is 1.79. The zero-order valence-corrected chi connectivity index (χ0v) is 12.6. The van der Waals surface area contributed by atoms with Crippen molar-refractivity contribution in [1.29, 1.82) is 0 Å². The molecular formula is C12H13IN2OS. The Morgan fingerprint density at radius 1 is 1.53 bits per heavy atom. The van der Waals surface area contributed by atoms with Gasteiger partial charge in [0.05, 0.1) is 16.0 Å². The number of rotatable bonds is 4. The van der Waals surface area contributed by atoms with Gasteiger partial charge in [0.25, 0.3) is 0 Å². The molecule has 0 bridgehead atoms. The van der Waals surface area contributed by atoms with Crippen LogP contribution in [0.3, 0.4) is 0 Å². The summed E-state index contributed by atoms with van der Waals surface area (Å²) < 4.78 is 6.63. The first-order chi connectivity index (χ1) is 8.26. The van der Waals surface area contributed by atoms with Gasteiger partial charge in [-0.05, 0) is 58.8 Å². The number of pyridine rings is 1. The van der Waals surface area contributed by atoms with Crippen LogP contribution in [-0.2, 0) is 0 Å². The molecule has 0 fully saturated rings. The quantitative estimate of drug-likeness (QED) is 0.851. The summed E-state index contributed by atoms with van der Waals surface area (Å²) in [6.45, 7) is 0. The van der Waals surface area contributed by atoms with Gasteiger partial charge >= 0.3 is 0 Å². The maximum Gasteiger partial charge on any atom is 0.142 e. The Hall–Kier alpha value is -0.660. The molecular weight excluding hydrogens is 347 g/mol. The van der Waals surface area contributed by atoms with Crippen molar-refractivity contribution in [1.82, 2.24) is 10.3 Å². The predicted molar refractivity (Wildman–Crippen MR) is 78.7 cm³/mol. The average molecular weight is 360 g/mol. The van der Waals surface area contributed by atoms with Crippen molar-refractivity contribution >= 4 is 33.9 Å². The van der Waals surface area contributed by atoms with Crippen molar-refractivity contribution in [3.63, 3.8) is 0 Å². The molecule has 3 nitrogen and oxygen atoms in total. The number of ether oxygens (including phenoxy) is 1. The van der Waals surface area contributed by atoms with Crippen LogP contribution in [0.5, 0.6) is 5.75 Å². The molecule has 0 radical (unpaired) electrons. The first-order valence-corrected chi connectivity index (χ1v) is 7.12. The summed E-state index contributed by atoms with van der Waals surface area (Å²) in [6, 6.07) is 6.06. The Balaban J connectivity index is 2.41. The van der Waals surface area contributed by atoms with Crippen molar-refractivity contribution < 1.29 is 4.74 Å². The number of aromatic nitrogens is 1. The van der Waals surface area contributed by atoms with E-state index >= 15 is 0 Å². The molecule has 0 saturated heterocycles. The summed E-state index contributed by atoms with van der Waals surface area (Å²) in [7, 11) is 3.61. The van der Waals surface area contributed by atoms with Crippen LogP contribution < -0.4 is 10.1 Å². The van der Waals surface area contributed by atoms with Gasteiger partial charge in [0.1, 0.15) is 11.4 Å². The van der Waals surface area contributed by atoms with Gasteiger partial charge in [-0.2, -0.15) is 0 Å². The van der Waals surface area contributed by atoms with Gasteiger partial charge in [-0.15, -0.1) is 11.3 Å². The van der Waals surface area contributed by atoms with E-state index < -0.39 is 0 Å². The fraction of sp³-hybridized carbons (Fsp3) is 0.250. The maximum atomic E-state index is 5.36. The van der Waals surface area contributed by atoms with Gasteiger partial charge in [-0.25, -0.2) is 0 Å². The van der Waals surface area contributed by atoms with Crippen LogP contribution >= 0.6 is 33.9 Å². The molecule has 0 amide bonds. The zero-order chi connectivity index (χ0) is 12.3. The fourth-order valence-electron chi connectivity index (χ4n) is 1.73. The average Bonchev–Trinajstić information content (AvgIpc) is 2.77. The van der Waals surface area contributed by atoms with Crippen molar-refractivity contribution in [3.05, 3.63) is 43.9 Å². The molecule has 5 heteroatoms. The van der Waals surface area contributed by atoms with E-state index in [1.807, 2.05) is 19.2 Å². The van der Waals surface area contributed by atoms with Crippen molar-refractivity contribution in [2.75, 3.05) is 14.2 Å². The Morgan fingerprint density at radius 2 is 2.35 bits per heavy atom. The van der Waals surface area contributed by atoms with E-state index in [1.54, 1.807) is 24.6 Å². The van der Waals surface area contributed by atoms with Gasteiger partial charge < -0.3 is 10.1 Å². The number of halogens is 1. The van der Waals surface area contributed by atoms with Crippen LogP contribution in [0.15, 0.2) is 29.8 Å². The number of hydrogen-bond acceptors (Lipinski definition) is 4. The maximum absolute atomic E-state index is 5.36. The predicted octanol–water partition coefficient (Wildman–Crippen LogP) is 3.07. The van der Waals surface area contributed by atoms with Crippen LogP contribution in [0.2, 0.25) is 0 Å². The molecule has 90 valence electrons. The summed E-state index contributed by atoms with van der Waals surface area (Å²) >= 11 is 4.06. The number of methoxy groups -OCH3 is 1. The number of nitrogens with one attached hydrogen (secondary N) is 1. The SMILES string of the molecule is CNC(c1csc(I)c1)c1ncccc1OC. The number of hydrogen-bond donors (Lipinski definition) is 1. The van der Waals surface area contributed by atoms with Gasteiger partial charge in [-0.1, -0.05) is 0 Å². The lowest BCUT2D eigenvalue weighted by atomic mass is 10.1. The zero-order valence-electron chi connectivity index (χ0n) is 9.61. The third kappa shape index (κ3) is 2.78. The molecule has 2 aromatic heterocycles. The molecule has 0 aliphatic heterocycles. The molecule has 1 unspecified atom stereocenters. The molecule has 0 aliphatic rings. The van der Waals surface area contributed by atoms with E-state index in [0.29, 0.717) is 0 Å². The Kier molecular flexibility index (Phi) is 4.36. The normalized spacial score (nSPS) is 12.4. The summed E-state index contributed by atoms with van der Waals surface area (Å²) in [5.74, 6) is 0.813. The van der Waals surface area contributed by atoms with E-state index in [2.05, 4.69) is 44.3 Å².